The van der Waals surface area contributed by atoms with Crippen molar-refractivity contribution in [1.82, 2.24) is 0 Å². The molecular weight excluding hydrogens is 342 g/mol. The average molecular weight is 362 g/mol. The zero-order valence-electron chi connectivity index (χ0n) is 13.9. The summed E-state index contributed by atoms with van der Waals surface area (Å²) < 4.78 is 16.5. The molecule has 2 aromatic carbocycles. The minimum atomic E-state index is 0.302. The molecule has 0 unspecified atom stereocenters. The van der Waals surface area contributed by atoms with E-state index >= 15 is 0 Å². The molecule has 3 rings (SSSR count). The van der Waals surface area contributed by atoms with Gasteiger partial charge in [-0.05, 0) is 29.8 Å². The van der Waals surface area contributed by atoms with Crippen LogP contribution in [-0.4, -0.2) is 26.3 Å². The summed E-state index contributed by atoms with van der Waals surface area (Å²) >= 11 is 6.28. The fraction of sp³-hybridized carbons (Fsp3) is 0.278. The number of hydrogen-bond acceptors (Lipinski definition) is 4. The highest BCUT2D eigenvalue weighted by molar-refractivity contribution is 6.32. The summed E-state index contributed by atoms with van der Waals surface area (Å²) in [5.41, 5.74) is 7.65. The molecular formula is C18H20ClN3O3. The van der Waals surface area contributed by atoms with E-state index in [9.17, 15) is 0 Å². The largest absolute Gasteiger partial charge is 0.497 e. The molecule has 132 valence electrons. The van der Waals surface area contributed by atoms with Gasteiger partial charge in [0, 0.05) is 18.2 Å². The molecule has 0 saturated carbocycles. The Morgan fingerprint density at radius 1 is 1.28 bits per heavy atom. The molecule has 0 fully saturated rings. The number of ether oxygens (including phenoxy) is 3. The number of guanidine groups is 1. The maximum atomic E-state index is 6.28. The summed E-state index contributed by atoms with van der Waals surface area (Å²) in [4.78, 5) is 4.35. The smallest absolute Gasteiger partial charge is 0.193 e. The summed E-state index contributed by atoms with van der Waals surface area (Å²) in [5, 5.41) is 3.55. The fourth-order valence-electron chi connectivity index (χ4n) is 2.44. The van der Waals surface area contributed by atoms with Crippen LogP contribution in [0.15, 0.2) is 41.4 Å². The van der Waals surface area contributed by atoms with Crippen molar-refractivity contribution in [1.29, 1.82) is 0 Å². The second-order valence-electron chi connectivity index (χ2n) is 5.51. The van der Waals surface area contributed by atoms with Crippen molar-refractivity contribution in [2.75, 3.05) is 25.6 Å². The summed E-state index contributed by atoms with van der Waals surface area (Å²) in [6.45, 7) is 1.58. The lowest BCUT2D eigenvalue weighted by atomic mass is 10.2. The first-order valence-electron chi connectivity index (χ1n) is 7.95. The molecule has 3 N–H and O–H groups in total. The molecule has 1 aliphatic heterocycles. The van der Waals surface area contributed by atoms with E-state index in [0.29, 0.717) is 42.2 Å². The van der Waals surface area contributed by atoms with Crippen LogP contribution in [0.3, 0.4) is 0 Å². The van der Waals surface area contributed by atoms with Crippen LogP contribution in [0.25, 0.3) is 0 Å². The average Bonchev–Trinajstić information content (AvgIpc) is 2.86. The van der Waals surface area contributed by atoms with Crippen LogP contribution in [-0.2, 0) is 6.54 Å². The zero-order valence-corrected chi connectivity index (χ0v) is 14.7. The van der Waals surface area contributed by atoms with Gasteiger partial charge in [-0.15, -0.1) is 0 Å². The highest BCUT2D eigenvalue weighted by Gasteiger charge is 2.15. The van der Waals surface area contributed by atoms with Gasteiger partial charge in [0.25, 0.3) is 0 Å². The predicted octanol–water partition coefficient (Wildman–Crippen LogP) is 3.44. The summed E-state index contributed by atoms with van der Waals surface area (Å²) in [7, 11) is 1.62. The molecule has 0 bridgehead atoms. The molecule has 1 heterocycles. The van der Waals surface area contributed by atoms with Crippen molar-refractivity contribution >= 4 is 23.2 Å². The maximum absolute atomic E-state index is 6.28. The van der Waals surface area contributed by atoms with Crippen LogP contribution < -0.4 is 25.3 Å². The SMILES string of the molecule is COc1cccc(NC(N)=NCc2cc(Cl)c3c(c2)OCCCO3)c1. The van der Waals surface area contributed by atoms with Crippen molar-refractivity contribution in [2.24, 2.45) is 10.7 Å². The second-order valence-corrected chi connectivity index (χ2v) is 5.92. The Bertz CT molecular complexity index is 780. The molecule has 0 atom stereocenters. The highest BCUT2D eigenvalue weighted by atomic mass is 35.5. The van der Waals surface area contributed by atoms with Gasteiger partial charge in [0.1, 0.15) is 5.75 Å². The van der Waals surface area contributed by atoms with Gasteiger partial charge in [-0.1, -0.05) is 17.7 Å². The van der Waals surface area contributed by atoms with E-state index in [-0.39, 0.29) is 0 Å². The molecule has 0 aliphatic carbocycles. The molecule has 0 spiro atoms. The van der Waals surface area contributed by atoms with Crippen molar-refractivity contribution < 1.29 is 14.2 Å². The van der Waals surface area contributed by atoms with E-state index in [2.05, 4.69) is 10.3 Å². The molecule has 0 aromatic heterocycles. The van der Waals surface area contributed by atoms with Crippen molar-refractivity contribution in [3.63, 3.8) is 0 Å². The number of halogens is 1. The van der Waals surface area contributed by atoms with Crippen LogP contribution in [0.2, 0.25) is 5.02 Å². The molecule has 2 aromatic rings. The number of benzene rings is 2. The van der Waals surface area contributed by atoms with Gasteiger partial charge < -0.3 is 25.3 Å². The number of methoxy groups -OCH3 is 1. The molecule has 1 aliphatic rings. The number of nitrogens with zero attached hydrogens (tertiary/aromatic N) is 1. The Morgan fingerprint density at radius 3 is 2.96 bits per heavy atom. The van der Waals surface area contributed by atoms with Gasteiger partial charge in [-0.2, -0.15) is 0 Å². The molecule has 25 heavy (non-hydrogen) atoms. The van der Waals surface area contributed by atoms with Crippen LogP contribution in [0.1, 0.15) is 12.0 Å². The van der Waals surface area contributed by atoms with Crippen LogP contribution in [0.4, 0.5) is 5.69 Å². The minimum Gasteiger partial charge on any atom is -0.497 e. The first-order chi connectivity index (χ1) is 12.2. The van der Waals surface area contributed by atoms with Gasteiger partial charge >= 0.3 is 0 Å². The lowest BCUT2D eigenvalue weighted by Crippen LogP contribution is -2.22. The first kappa shape index (κ1) is 17.2. The topological polar surface area (TPSA) is 78.1 Å². The number of aliphatic imine (C=N–C) groups is 1. The highest BCUT2D eigenvalue weighted by Crippen LogP contribution is 2.38. The Hall–Kier alpha value is -2.60. The van der Waals surface area contributed by atoms with E-state index in [4.69, 9.17) is 31.5 Å². The van der Waals surface area contributed by atoms with Gasteiger partial charge in [0.15, 0.2) is 17.5 Å². The van der Waals surface area contributed by atoms with Gasteiger partial charge in [0.05, 0.1) is 31.9 Å². The third kappa shape index (κ3) is 4.48. The van der Waals surface area contributed by atoms with Gasteiger partial charge in [-0.3, -0.25) is 0 Å². The first-order valence-corrected chi connectivity index (χ1v) is 8.32. The molecule has 6 nitrogen and oxygen atoms in total. The van der Waals surface area contributed by atoms with E-state index in [1.54, 1.807) is 7.11 Å². The minimum absolute atomic E-state index is 0.302. The Kier molecular flexibility index (Phi) is 5.50. The van der Waals surface area contributed by atoms with Crippen molar-refractivity contribution in [3.05, 3.63) is 47.0 Å². The standard InChI is InChI=1S/C18H20ClN3O3/c1-23-14-5-2-4-13(10-14)22-18(20)21-11-12-8-15(19)17-16(9-12)24-6-3-7-25-17/h2,4-5,8-10H,3,6-7,11H2,1H3,(H3,20,21,22). The number of nitrogens with one attached hydrogen (secondary N) is 1. The van der Waals surface area contributed by atoms with Gasteiger partial charge in [-0.25, -0.2) is 4.99 Å². The quantitative estimate of drug-likeness (QED) is 0.644. The van der Waals surface area contributed by atoms with Crippen LogP contribution >= 0.6 is 11.6 Å². The molecule has 0 saturated heterocycles. The third-order valence-electron chi connectivity index (χ3n) is 3.64. The monoisotopic (exact) mass is 361 g/mol. The van der Waals surface area contributed by atoms with E-state index < -0.39 is 0 Å². The maximum Gasteiger partial charge on any atom is 0.193 e. The van der Waals surface area contributed by atoms with Crippen LogP contribution in [0.5, 0.6) is 17.2 Å². The van der Waals surface area contributed by atoms with Crippen LogP contribution in [0, 0.1) is 0 Å². The van der Waals surface area contributed by atoms with E-state index in [1.165, 1.54) is 0 Å². The van der Waals surface area contributed by atoms with E-state index in [0.717, 1.165) is 23.4 Å². The number of rotatable bonds is 4. The van der Waals surface area contributed by atoms with Crippen molar-refractivity contribution in [3.8, 4) is 17.2 Å². The normalized spacial score (nSPS) is 13.9. The third-order valence-corrected chi connectivity index (χ3v) is 3.92. The predicted molar refractivity (Wildman–Crippen MR) is 99.0 cm³/mol. The number of nitrogens with two attached hydrogens (primary N) is 1. The van der Waals surface area contributed by atoms with E-state index in [1.807, 2.05) is 36.4 Å². The Labute approximate surface area is 151 Å². The number of fused-ring (bicyclic) bond motifs is 1. The number of hydrogen-bond donors (Lipinski definition) is 2. The summed E-state index contributed by atoms with van der Waals surface area (Å²) in [6, 6.07) is 11.2. The lowest BCUT2D eigenvalue weighted by molar-refractivity contribution is 0.297. The summed E-state index contributed by atoms with van der Waals surface area (Å²) in [5.74, 6) is 2.29. The lowest BCUT2D eigenvalue weighted by Gasteiger charge is -2.11. The van der Waals surface area contributed by atoms with Crippen molar-refractivity contribution in [2.45, 2.75) is 13.0 Å². The molecule has 7 heteroatoms. The summed E-state index contributed by atoms with van der Waals surface area (Å²) in [6.07, 6.45) is 0.829. The Balaban J connectivity index is 1.70. The van der Waals surface area contributed by atoms with Gasteiger partial charge in [0.2, 0.25) is 0 Å². The molecule has 0 amide bonds. The zero-order chi connectivity index (χ0) is 17.6. The molecule has 0 radical (unpaired) electrons. The fourth-order valence-corrected chi connectivity index (χ4v) is 2.73. The number of anilines is 1. The Morgan fingerprint density at radius 2 is 2.12 bits per heavy atom. The second kappa shape index (κ2) is 7.98.